The Morgan fingerprint density at radius 2 is 1.54 bits per heavy atom. The molecule has 4 atom stereocenters. The summed E-state index contributed by atoms with van der Waals surface area (Å²) in [7, 11) is 0. The highest BCUT2D eigenvalue weighted by Crippen LogP contribution is 2.44. The number of halogens is 6. The molecule has 0 aliphatic carbocycles. The van der Waals surface area contributed by atoms with Crippen LogP contribution in [0.25, 0.3) is 0 Å². The molecule has 1 fully saturated rings. The number of carboxylic acid groups (broad SMARTS) is 1. The first kappa shape index (κ1) is 26.8. The highest BCUT2D eigenvalue weighted by molar-refractivity contribution is 5.69. The zero-order valence-corrected chi connectivity index (χ0v) is 19.1. The van der Waals surface area contributed by atoms with Gasteiger partial charge in [-0.05, 0) is 67.1 Å². The van der Waals surface area contributed by atoms with Gasteiger partial charge in [-0.3, -0.25) is 9.69 Å². The SMILES string of the molecule is C=CC[C@H](c1ccc(C(F)(F)F)cc1)N1CC[C@@H](C(C)C(=O)O)C[C@H]1c1ccc(C(F)(F)F)cc1. The summed E-state index contributed by atoms with van der Waals surface area (Å²) in [5.41, 5.74) is -0.336. The van der Waals surface area contributed by atoms with Gasteiger partial charge in [-0.25, -0.2) is 0 Å². The lowest BCUT2D eigenvalue weighted by atomic mass is 9.78. The highest BCUT2D eigenvalue weighted by atomic mass is 19.4. The van der Waals surface area contributed by atoms with E-state index in [9.17, 15) is 36.2 Å². The molecule has 2 aromatic rings. The molecule has 190 valence electrons. The number of hydrogen-bond acceptors (Lipinski definition) is 2. The number of benzene rings is 2. The van der Waals surface area contributed by atoms with Crippen molar-refractivity contribution >= 4 is 5.97 Å². The fraction of sp³-hybridized carbons (Fsp3) is 0.423. The first-order chi connectivity index (χ1) is 16.3. The van der Waals surface area contributed by atoms with Gasteiger partial charge in [0, 0.05) is 12.1 Å². The zero-order chi connectivity index (χ0) is 26.0. The molecular formula is C26H27F6NO2. The van der Waals surface area contributed by atoms with Crippen LogP contribution in [-0.2, 0) is 17.1 Å². The monoisotopic (exact) mass is 499 g/mol. The molecule has 0 bridgehead atoms. The van der Waals surface area contributed by atoms with Crippen LogP contribution in [0, 0.1) is 11.8 Å². The summed E-state index contributed by atoms with van der Waals surface area (Å²) in [4.78, 5) is 13.6. The van der Waals surface area contributed by atoms with Crippen molar-refractivity contribution in [3.63, 3.8) is 0 Å². The van der Waals surface area contributed by atoms with Crippen molar-refractivity contribution in [1.82, 2.24) is 4.90 Å². The lowest BCUT2D eigenvalue weighted by Crippen LogP contribution is -2.41. The minimum absolute atomic E-state index is 0.201. The van der Waals surface area contributed by atoms with E-state index in [2.05, 4.69) is 6.58 Å². The molecular weight excluding hydrogens is 472 g/mol. The van der Waals surface area contributed by atoms with E-state index in [1.165, 1.54) is 24.3 Å². The van der Waals surface area contributed by atoms with E-state index in [1.54, 1.807) is 13.0 Å². The van der Waals surface area contributed by atoms with Crippen LogP contribution in [0.15, 0.2) is 61.2 Å². The van der Waals surface area contributed by atoms with E-state index >= 15 is 0 Å². The molecule has 1 heterocycles. The van der Waals surface area contributed by atoms with Crippen molar-refractivity contribution in [1.29, 1.82) is 0 Å². The number of alkyl halides is 6. The second kappa shape index (κ2) is 10.4. The minimum atomic E-state index is -4.49. The molecule has 2 aromatic carbocycles. The predicted octanol–water partition coefficient (Wildman–Crippen LogP) is 7.52. The van der Waals surface area contributed by atoms with E-state index in [0.29, 0.717) is 36.9 Å². The third-order valence-electron chi connectivity index (χ3n) is 6.82. The molecule has 3 nitrogen and oxygen atoms in total. The molecule has 0 amide bonds. The minimum Gasteiger partial charge on any atom is -0.481 e. The van der Waals surface area contributed by atoms with Gasteiger partial charge < -0.3 is 5.11 Å². The Hall–Kier alpha value is -2.81. The van der Waals surface area contributed by atoms with Crippen molar-refractivity contribution in [3.8, 4) is 0 Å². The standard InChI is InChI=1S/C26H27F6NO2/c1-3-4-22(17-5-9-20(10-6-17)25(27,28)29)33-14-13-19(16(2)24(34)35)15-23(33)18-7-11-21(12-8-18)26(30,31)32/h3,5-12,16,19,22-23H,1,4,13-15H2,2H3,(H,34,35)/t16?,19-,22-,23+/m1/s1. The van der Waals surface area contributed by atoms with Crippen LogP contribution in [0.1, 0.15) is 60.5 Å². The third kappa shape index (κ3) is 6.25. The van der Waals surface area contributed by atoms with Gasteiger partial charge in [0.2, 0.25) is 0 Å². The molecule has 9 heteroatoms. The Morgan fingerprint density at radius 3 is 2.00 bits per heavy atom. The first-order valence-corrected chi connectivity index (χ1v) is 11.3. The van der Waals surface area contributed by atoms with Crippen LogP contribution in [0.5, 0.6) is 0 Å². The average Bonchev–Trinajstić information content (AvgIpc) is 2.81. The van der Waals surface area contributed by atoms with Crippen LogP contribution in [0.4, 0.5) is 26.3 Å². The Bertz CT molecular complexity index is 1010. The Kier molecular flexibility index (Phi) is 7.99. The normalized spacial score (nSPS) is 21.3. The summed E-state index contributed by atoms with van der Waals surface area (Å²) in [6.45, 7) is 5.82. The Balaban J connectivity index is 1.99. The van der Waals surface area contributed by atoms with Gasteiger partial charge in [0.25, 0.3) is 0 Å². The smallest absolute Gasteiger partial charge is 0.416 e. The molecule has 1 aliphatic rings. The van der Waals surface area contributed by atoms with Crippen LogP contribution < -0.4 is 0 Å². The molecule has 3 rings (SSSR count). The maximum Gasteiger partial charge on any atom is 0.416 e. The highest BCUT2D eigenvalue weighted by Gasteiger charge is 2.39. The number of rotatable bonds is 7. The largest absolute Gasteiger partial charge is 0.481 e. The maximum atomic E-state index is 13.1. The third-order valence-corrected chi connectivity index (χ3v) is 6.82. The van der Waals surface area contributed by atoms with E-state index in [0.717, 1.165) is 24.3 Å². The zero-order valence-electron chi connectivity index (χ0n) is 19.1. The summed E-state index contributed by atoms with van der Waals surface area (Å²) in [6.07, 6.45) is -5.97. The predicted molar refractivity (Wildman–Crippen MR) is 119 cm³/mol. The fourth-order valence-electron chi connectivity index (χ4n) is 4.78. The van der Waals surface area contributed by atoms with E-state index in [-0.39, 0.29) is 12.0 Å². The van der Waals surface area contributed by atoms with Crippen molar-refractivity contribution in [2.24, 2.45) is 11.8 Å². The molecule has 1 saturated heterocycles. The van der Waals surface area contributed by atoms with Crippen molar-refractivity contribution in [2.45, 2.75) is 50.6 Å². The van der Waals surface area contributed by atoms with Crippen LogP contribution in [-0.4, -0.2) is 22.5 Å². The van der Waals surface area contributed by atoms with Gasteiger partial charge in [0.15, 0.2) is 0 Å². The average molecular weight is 499 g/mol. The molecule has 0 radical (unpaired) electrons. The number of piperidine rings is 1. The van der Waals surface area contributed by atoms with Gasteiger partial charge in [-0.15, -0.1) is 6.58 Å². The van der Waals surface area contributed by atoms with Crippen LogP contribution in [0.2, 0.25) is 0 Å². The van der Waals surface area contributed by atoms with Crippen molar-refractivity contribution < 1.29 is 36.2 Å². The molecule has 1 unspecified atom stereocenters. The molecule has 0 saturated carbocycles. The molecule has 1 N–H and O–H groups in total. The summed E-state index contributed by atoms with van der Waals surface area (Å²) < 4.78 is 78.4. The van der Waals surface area contributed by atoms with Gasteiger partial charge in [-0.2, -0.15) is 26.3 Å². The van der Waals surface area contributed by atoms with Crippen LogP contribution in [0.3, 0.4) is 0 Å². The Morgan fingerprint density at radius 1 is 1.03 bits per heavy atom. The summed E-state index contributed by atoms with van der Waals surface area (Å²) >= 11 is 0. The first-order valence-electron chi connectivity index (χ1n) is 11.3. The molecule has 35 heavy (non-hydrogen) atoms. The lowest BCUT2D eigenvalue weighted by Gasteiger charge is -2.45. The maximum absolute atomic E-state index is 13.1. The van der Waals surface area contributed by atoms with Crippen molar-refractivity contribution in [2.75, 3.05) is 6.54 Å². The number of nitrogens with zero attached hydrogens (tertiary/aromatic N) is 1. The summed E-state index contributed by atoms with van der Waals surface area (Å²) in [5, 5.41) is 9.50. The van der Waals surface area contributed by atoms with Gasteiger partial charge >= 0.3 is 18.3 Å². The number of hydrogen-bond donors (Lipinski definition) is 1. The van der Waals surface area contributed by atoms with E-state index < -0.39 is 41.4 Å². The summed E-state index contributed by atoms with van der Waals surface area (Å²) in [6, 6.07) is 8.84. The molecule has 1 aliphatic heterocycles. The summed E-state index contributed by atoms with van der Waals surface area (Å²) in [5.74, 6) is -1.79. The lowest BCUT2D eigenvalue weighted by molar-refractivity contribution is -0.144. The second-order valence-corrected chi connectivity index (χ2v) is 8.94. The van der Waals surface area contributed by atoms with Gasteiger partial charge in [-0.1, -0.05) is 37.3 Å². The topological polar surface area (TPSA) is 40.5 Å². The Labute approximate surface area is 200 Å². The number of carboxylic acids is 1. The number of aliphatic carboxylic acids is 1. The fourth-order valence-corrected chi connectivity index (χ4v) is 4.78. The van der Waals surface area contributed by atoms with E-state index in [4.69, 9.17) is 0 Å². The molecule has 0 aromatic heterocycles. The second-order valence-electron chi connectivity index (χ2n) is 8.94. The number of carbonyl (C=O) groups is 1. The van der Waals surface area contributed by atoms with Crippen molar-refractivity contribution in [3.05, 3.63) is 83.4 Å². The van der Waals surface area contributed by atoms with Gasteiger partial charge in [0.05, 0.1) is 17.0 Å². The molecule has 0 spiro atoms. The number of likely N-dealkylation sites (tertiary alicyclic amines) is 1. The quantitative estimate of drug-likeness (QED) is 0.317. The van der Waals surface area contributed by atoms with E-state index in [1.807, 2.05) is 4.90 Å². The van der Waals surface area contributed by atoms with Gasteiger partial charge in [0.1, 0.15) is 0 Å². The van der Waals surface area contributed by atoms with Crippen LogP contribution >= 0.6 is 0 Å².